The Morgan fingerprint density at radius 3 is 2.55 bits per heavy atom. The molecule has 0 aliphatic heterocycles. The molecule has 0 radical (unpaired) electrons. The third-order valence-corrected chi connectivity index (χ3v) is 3.66. The van der Waals surface area contributed by atoms with Gasteiger partial charge in [0, 0.05) is 4.47 Å². The molecular formula is C14H12BrClF2N2. The first-order valence-corrected chi connectivity index (χ1v) is 7.02. The second kappa shape index (κ2) is 6.63. The zero-order valence-electron chi connectivity index (χ0n) is 10.3. The lowest BCUT2D eigenvalue weighted by molar-refractivity contribution is 0.546. The molecular weight excluding hydrogens is 350 g/mol. The highest BCUT2D eigenvalue weighted by atomic mass is 79.9. The maximum absolute atomic E-state index is 13.3. The molecule has 0 aliphatic rings. The van der Waals surface area contributed by atoms with Gasteiger partial charge in [-0.05, 0) is 47.9 Å². The second-order valence-corrected chi connectivity index (χ2v) is 5.70. The zero-order valence-corrected chi connectivity index (χ0v) is 12.7. The van der Waals surface area contributed by atoms with Crippen molar-refractivity contribution in [1.82, 2.24) is 5.43 Å². The number of hydrazine groups is 1. The van der Waals surface area contributed by atoms with Crippen LogP contribution in [0, 0.1) is 11.6 Å². The minimum absolute atomic E-state index is 0.0307. The molecule has 0 fully saturated rings. The van der Waals surface area contributed by atoms with Gasteiger partial charge < -0.3 is 0 Å². The van der Waals surface area contributed by atoms with Crippen LogP contribution in [0.1, 0.15) is 17.2 Å². The van der Waals surface area contributed by atoms with Gasteiger partial charge in [-0.3, -0.25) is 11.3 Å². The highest BCUT2D eigenvalue weighted by Gasteiger charge is 2.13. The monoisotopic (exact) mass is 360 g/mol. The van der Waals surface area contributed by atoms with Gasteiger partial charge in [-0.15, -0.1) is 0 Å². The van der Waals surface area contributed by atoms with Crippen LogP contribution in [0.4, 0.5) is 8.78 Å². The lowest BCUT2D eigenvalue weighted by atomic mass is 9.99. The van der Waals surface area contributed by atoms with Gasteiger partial charge in [-0.1, -0.05) is 33.6 Å². The Balaban J connectivity index is 2.26. The average molecular weight is 362 g/mol. The van der Waals surface area contributed by atoms with Gasteiger partial charge in [0.2, 0.25) is 0 Å². The van der Waals surface area contributed by atoms with E-state index in [0.717, 1.165) is 11.1 Å². The smallest absolute Gasteiger partial charge is 0.141 e. The van der Waals surface area contributed by atoms with Gasteiger partial charge >= 0.3 is 0 Å². The maximum Gasteiger partial charge on any atom is 0.141 e. The van der Waals surface area contributed by atoms with Crippen LogP contribution in [0.2, 0.25) is 5.02 Å². The Bertz CT molecular complexity index is 602. The summed E-state index contributed by atoms with van der Waals surface area (Å²) >= 11 is 9.00. The van der Waals surface area contributed by atoms with Crippen LogP contribution in [0.3, 0.4) is 0 Å². The van der Waals surface area contributed by atoms with Crippen molar-refractivity contribution in [2.45, 2.75) is 12.5 Å². The van der Waals surface area contributed by atoms with Crippen LogP contribution in [0.5, 0.6) is 0 Å². The normalized spacial score (nSPS) is 12.4. The van der Waals surface area contributed by atoms with Crippen molar-refractivity contribution >= 4 is 27.5 Å². The van der Waals surface area contributed by atoms with Crippen molar-refractivity contribution in [3.05, 3.63) is 68.7 Å². The number of rotatable bonds is 4. The van der Waals surface area contributed by atoms with E-state index in [9.17, 15) is 8.78 Å². The van der Waals surface area contributed by atoms with Crippen LogP contribution in [-0.2, 0) is 6.42 Å². The Labute approximate surface area is 129 Å². The van der Waals surface area contributed by atoms with Crippen LogP contribution < -0.4 is 11.3 Å². The van der Waals surface area contributed by atoms with E-state index in [1.807, 2.05) is 0 Å². The van der Waals surface area contributed by atoms with Crippen molar-refractivity contribution < 1.29 is 8.78 Å². The Morgan fingerprint density at radius 1 is 1.20 bits per heavy atom. The van der Waals surface area contributed by atoms with Crippen molar-refractivity contribution in [2.75, 3.05) is 0 Å². The number of halogens is 4. The molecule has 1 atom stereocenters. The SMILES string of the molecule is NNC(Cc1cc(F)cc(Br)c1)c1ccc(F)c(Cl)c1. The molecule has 0 aliphatic carbocycles. The number of hydrogen-bond acceptors (Lipinski definition) is 2. The lowest BCUT2D eigenvalue weighted by Gasteiger charge is -2.17. The van der Waals surface area contributed by atoms with Gasteiger partial charge in [-0.2, -0.15) is 0 Å². The molecule has 0 spiro atoms. The van der Waals surface area contributed by atoms with Crippen molar-refractivity contribution in [3.8, 4) is 0 Å². The predicted molar refractivity (Wildman–Crippen MR) is 79.3 cm³/mol. The van der Waals surface area contributed by atoms with Crippen LogP contribution in [0.25, 0.3) is 0 Å². The maximum atomic E-state index is 13.3. The molecule has 0 amide bonds. The Morgan fingerprint density at radius 2 is 1.95 bits per heavy atom. The summed E-state index contributed by atoms with van der Waals surface area (Å²) < 4.78 is 27.2. The van der Waals surface area contributed by atoms with Gasteiger partial charge in [0.25, 0.3) is 0 Å². The zero-order chi connectivity index (χ0) is 14.7. The molecule has 106 valence electrons. The van der Waals surface area contributed by atoms with E-state index in [4.69, 9.17) is 17.4 Å². The predicted octanol–water partition coefficient (Wildman–Crippen LogP) is 4.13. The number of nitrogens with one attached hydrogen (secondary N) is 1. The molecule has 3 N–H and O–H groups in total. The van der Waals surface area contributed by atoms with Crippen molar-refractivity contribution in [1.29, 1.82) is 0 Å². The largest absolute Gasteiger partial charge is 0.271 e. The molecule has 2 aromatic carbocycles. The third kappa shape index (κ3) is 3.76. The van der Waals surface area contributed by atoms with E-state index in [-0.39, 0.29) is 16.9 Å². The van der Waals surface area contributed by atoms with Gasteiger partial charge in [0.1, 0.15) is 11.6 Å². The van der Waals surface area contributed by atoms with E-state index in [2.05, 4.69) is 21.4 Å². The van der Waals surface area contributed by atoms with E-state index in [1.54, 1.807) is 12.1 Å². The van der Waals surface area contributed by atoms with Crippen molar-refractivity contribution in [3.63, 3.8) is 0 Å². The van der Waals surface area contributed by atoms with Crippen molar-refractivity contribution in [2.24, 2.45) is 5.84 Å². The summed E-state index contributed by atoms with van der Waals surface area (Å²) in [7, 11) is 0. The average Bonchev–Trinajstić information content (AvgIpc) is 2.38. The summed E-state index contributed by atoms with van der Waals surface area (Å²) in [5, 5.41) is 0.0307. The van der Waals surface area contributed by atoms with Gasteiger partial charge in [0.15, 0.2) is 0 Å². The Kier molecular flexibility index (Phi) is 5.10. The molecule has 0 bridgehead atoms. The minimum Gasteiger partial charge on any atom is -0.271 e. The highest BCUT2D eigenvalue weighted by molar-refractivity contribution is 9.10. The van der Waals surface area contributed by atoms with E-state index >= 15 is 0 Å². The fourth-order valence-electron chi connectivity index (χ4n) is 1.97. The van der Waals surface area contributed by atoms with Crippen LogP contribution in [0.15, 0.2) is 40.9 Å². The number of nitrogens with two attached hydrogens (primary N) is 1. The molecule has 2 rings (SSSR count). The molecule has 0 saturated heterocycles. The summed E-state index contributed by atoms with van der Waals surface area (Å²) in [4.78, 5) is 0. The number of benzene rings is 2. The first-order valence-electron chi connectivity index (χ1n) is 5.85. The Hall–Kier alpha value is -1.01. The first kappa shape index (κ1) is 15.4. The molecule has 1 unspecified atom stereocenters. The summed E-state index contributed by atoms with van der Waals surface area (Å²) in [5.41, 5.74) is 4.13. The molecule has 0 aromatic heterocycles. The van der Waals surface area contributed by atoms with Gasteiger partial charge in [0.05, 0.1) is 11.1 Å². The van der Waals surface area contributed by atoms with Crippen LogP contribution in [-0.4, -0.2) is 0 Å². The van der Waals surface area contributed by atoms with Gasteiger partial charge in [-0.25, -0.2) is 8.78 Å². The summed E-state index contributed by atoms with van der Waals surface area (Å²) in [6.07, 6.45) is 0.453. The minimum atomic E-state index is -0.486. The van der Waals surface area contributed by atoms with E-state index < -0.39 is 5.82 Å². The number of hydrogen-bond donors (Lipinski definition) is 2. The molecule has 0 saturated carbocycles. The van der Waals surface area contributed by atoms with E-state index in [0.29, 0.717) is 10.9 Å². The fourth-order valence-corrected chi connectivity index (χ4v) is 2.67. The topological polar surface area (TPSA) is 38.0 Å². The standard InChI is InChI=1S/C14H12BrClF2N2/c15-10-3-8(4-11(17)7-10)5-14(20-19)9-1-2-13(18)12(16)6-9/h1-4,6-7,14,20H,5,19H2. The summed E-state index contributed by atoms with van der Waals surface area (Å²) in [6, 6.07) is 8.71. The molecule has 20 heavy (non-hydrogen) atoms. The lowest BCUT2D eigenvalue weighted by Crippen LogP contribution is -2.29. The summed E-state index contributed by atoms with van der Waals surface area (Å²) in [6.45, 7) is 0. The second-order valence-electron chi connectivity index (χ2n) is 4.37. The highest BCUT2D eigenvalue weighted by Crippen LogP contribution is 2.24. The first-order chi connectivity index (χ1) is 9.49. The molecule has 6 heteroatoms. The molecule has 2 nitrogen and oxygen atoms in total. The quantitative estimate of drug-likeness (QED) is 0.635. The summed E-state index contributed by atoms with van der Waals surface area (Å²) in [5.74, 6) is 4.71. The third-order valence-electron chi connectivity index (χ3n) is 2.91. The van der Waals surface area contributed by atoms with E-state index in [1.165, 1.54) is 24.3 Å². The molecule has 0 heterocycles. The fraction of sp³-hybridized carbons (Fsp3) is 0.143. The van der Waals surface area contributed by atoms with Crippen LogP contribution >= 0.6 is 27.5 Å². The molecule has 2 aromatic rings.